The van der Waals surface area contributed by atoms with Gasteiger partial charge in [-0.1, -0.05) is 0 Å². The maximum Gasteiger partial charge on any atom is 0.277 e. The molecule has 114 valence electrons. The van der Waals surface area contributed by atoms with Crippen LogP contribution in [0.4, 0.5) is 11.4 Å². The van der Waals surface area contributed by atoms with E-state index in [-0.39, 0.29) is 12.1 Å². The van der Waals surface area contributed by atoms with E-state index in [1.165, 1.54) is 0 Å². The van der Waals surface area contributed by atoms with E-state index in [1.807, 2.05) is 0 Å². The first-order valence-corrected chi connectivity index (χ1v) is 6.06. The third-order valence-electron chi connectivity index (χ3n) is 2.80. The van der Waals surface area contributed by atoms with Crippen LogP contribution >= 0.6 is 0 Å². The lowest BCUT2D eigenvalue weighted by atomic mass is 10.1. The maximum absolute atomic E-state index is 12.0. The molecule has 1 heterocycles. The van der Waals surface area contributed by atoms with Crippen LogP contribution in [0.1, 0.15) is 15.9 Å². The number of hydrogen-bond acceptors (Lipinski definition) is 6. The second kappa shape index (κ2) is 5.99. The Kier molecular flexibility index (Phi) is 4.11. The molecule has 2 aromatic rings. The molecule has 1 amide bonds. The fourth-order valence-electron chi connectivity index (χ4n) is 1.78. The summed E-state index contributed by atoms with van der Waals surface area (Å²) in [5.74, 6) is -0.643. The van der Waals surface area contributed by atoms with E-state index in [4.69, 9.17) is 0 Å². The van der Waals surface area contributed by atoms with E-state index in [0.717, 1.165) is 23.8 Å². The number of carbonyl (C=O) groups excluding carboxylic acids is 1. The molecule has 1 aromatic heterocycles. The van der Waals surface area contributed by atoms with Gasteiger partial charge in [-0.25, -0.2) is 0 Å². The summed E-state index contributed by atoms with van der Waals surface area (Å²) in [4.78, 5) is 32.0. The van der Waals surface area contributed by atoms with Crippen molar-refractivity contribution in [3.8, 4) is 0 Å². The van der Waals surface area contributed by atoms with Crippen LogP contribution in [0.2, 0.25) is 0 Å². The molecule has 0 spiro atoms. The molecule has 0 saturated heterocycles. The molecule has 0 radical (unpaired) electrons. The second-order valence-corrected chi connectivity index (χ2v) is 4.46. The predicted molar refractivity (Wildman–Crippen MR) is 74.1 cm³/mol. The molecule has 1 N–H and O–H groups in total. The van der Waals surface area contributed by atoms with E-state index in [2.05, 4.69) is 10.4 Å². The normalized spacial score (nSPS) is 10.2. The fraction of sp³-hybridized carbons (Fsp3) is 0.167. The summed E-state index contributed by atoms with van der Waals surface area (Å²) >= 11 is 0. The Morgan fingerprint density at radius 1 is 1.23 bits per heavy atom. The van der Waals surface area contributed by atoms with Gasteiger partial charge in [0.1, 0.15) is 0 Å². The number of amides is 1. The van der Waals surface area contributed by atoms with Crippen LogP contribution in [-0.4, -0.2) is 25.5 Å². The summed E-state index contributed by atoms with van der Waals surface area (Å²) < 4.78 is 1.56. The monoisotopic (exact) mass is 305 g/mol. The standard InChI is InChI=1S/C12H11N5O5/c1-15-7-8(6-14-15)5-13-12(18)9-2-10(16(19)20)4-11(3-9)17(21)22/h2-4,6-7H,5H2,1H3,(H,13,18). The zero-order valence-corrected chi connectivity index (χ0v) is 11.4. The average Bonchev–Trinajstić information content (AvgIpc) is 2.89. The number of benzene rings is 1. The van der Waals surface area contributed by atoms with Crippen molar-refractivity contribution in [3.63, 3.8) is 0 Å². The molecule has 0 saturated carbocycles. The molecular weight excluding hydrogens is 294 g/mol. The summed E-state index contributed by atoms with van der Waals surface area (Å²) in [7, 11) is 1.72. The van der Waals surface area contributed by atoms with Crippen molar-refractivity contribution in [2.45, 2.75) is 6.54 Å². The van der Waals surface area contributed by atoms with Gasteiger partial charge < -0.3 is 5.32 Å². The van der Waals surface area contributed by atoms with Gasteiger partial charge in [0.2, 0.25) is 0 Å². The van der Waals surface area contributed by atoms with Gasteiger partial charge in [0, 0.05) is 37.5 Å². The maximum atomic E-state index is 12.0. The van der Waals surface area contributed by atoms with Gasteiger partial charge in [-0.05, 0) is 0 Å². The Morgan fingerprint density at radius 3 is 2.27 bits per heavy atom. The summed E-state index contributed by atoms with van der Waals surface area (Å²) in [5.41, 5.74) is -0.443. The quantitative estimate of drug-likeness (QED) is 0.651. The molecule has 0 atom stereocenters. The number of nitro groups is 2. The molecule has 2 rings (SSSR count). The lowest BCUT2D eigenvalue weighted by Gasteiger charge is -2.04. The first-order chi connectivity index (χ1) is 10.4. The molecule has 0 unspecified atom stereocenters. The van der Waals surface area contributed by atoms with Gasteiger partial charge >= 0.3 is 0 Å². The summed E-state index contributed by atoms with van der Waals surface area (Å²) in [5, 5.41) is 28.0. The van der Waals surface area contributed by atoms with Crippen LogP contribution in [0.5, 0.6) is 0 Å². The Morgan fingerprint density at radius 2 is 1.82 bits per heavy atom. The molecule has 0 fully saturated rings. The van der Waals surface area contributed by atoms with Crippen molar-refractivity contribution in [1.29, 1.82) is 0 Å². The minimum absolute atomic E-state index is 0.148. The Bertz CT molecular complexity index is 722. The van der Waals surface area contributed by atoms with Crippen molar-refractivity contribution in [3.05, 3.63) is 61.9 Å². The Balaban J connectivity index is 2.20. The minimum Gasteiger partial charge on any atom is -0.348 e. The van der Waals surface area contributed by atoms with Crippen molar-refractivity contribution >= 4 is 17.3 Å². The van der Waals surface area contributed by atoms with Crippen LogP contribution in [-0.2, 0) is 13.6 Å². The van der Waals surface area contributed by atoms with Gasteiger partial charge in [-0.3, -0.25) is 29.7 Å². The Hall–Kier alpha value is -3.30. The van der Waals surface area contributed by atoms with E-state index in [0.29, 0.717) is 0 Å². The summed E-state index contributed by atoms with van der Waals surface area (Å²) in [6.07, 6.45) is 3.24. The topological polar surface area (TPSA) is 133 Å². The smallest absolute Gasteiger partial charge is 0.277 e. The van der Waals surface area contributed by atoms with E-state index in [9.17, 15) is 25.0 Å². The molecule has 0 aliphatic carbocycles. The molecule has 0 aliphatic rings. The van der Waals surface area contributed by atoms with Crippen molar-refractivity contribution < 1.29 is 14.6 Å². The molecule has 0 bridgehead atoms. The van der Waals surface area contributed by atoms with Gasteiger partial charge in [-0.15, -0.1) is 0 Å². The predicted octanol–water partition coefficient (Wildman–Crippen LogP) is 1.17. The number of aryl methyl sites for hydroxylation is 1. The first kappa shape index (κ1) is 15.1. The Labute approximate surface area is 123 Å². The third-order valence-corrected chi connectivity index (χ3v) is 2.80. The van der Waals surface area contributed by atoms with E-state index < -0.39 is 27.1 Å². The van der Waals surface area contributed by atoms with Gasteiger partial charge in [0.05, 0.1) is 27.7 Å². The second-order valence-electron chi connectivity index (χ2n) is 4.46. The number of nitrogens with one attached hydrogen (secondary N) is 1. The lowest BCUT2D eigenvalue weighted by molar-refractivity contribution is -0.394. The number of nitro benzene ring substituents is 2. The summed E-state index contributed by atoms with van der Waals surface area (Å²) in [6.45, 7) is 0.156. The van der Waals surface area contributed by atoms with Crippen molar-refractivity contribution in [2.24, 2.45) is 7.05 Å². The zero-order chi connectivity index (χ0) is 16.3. The SMILES string of the molecule is Cn1cc(CNC(=O)c2cc([N+](=O)[O-])cc([N+](=O)[O-])c2)cn1. The third kappa shape index (κ3) is 3.42. The first-order valence-electron chi connectivity index (χ1n) is 6.06. The van der Waals surface area contributed by atoms with Crippen LogP contribution in [0.15, 0.2) is 30.6 Å². The molecule has 0 aliphatic heterocycles. The zero-order valence-electron chi connectivity index (χ0n) is 11.4. The number of non-ortho nitro benzene ring substituents is 2. The number of nitrogens with zero attached hydrogens (tertiary/aromatic N) is 4. The highest BCUT2D eigenvalue weighted by molar-refractivity contribution is 5.95. The highest BCUT2D eigenvalue weighted by atomic mass is 16.6. The largest absolute Gasteiger partial charge is 0.348 e. The van der Waals surface area contributed by atoms with Crippen LogP contribution < -0.4 is 5.32 Å². The minimum atomic E-state index is -0.787. The summed E-state index contributed by atoms with van der Waals surface area (Å²) in [6, 6.07) is 2.79. The van der Waals surface area contributed by atoms with Crippen LogP contribution in [0, 0.1) is 20.2 Å². The van der Waals surface area contributed by atoms with E-state index in [1.54, 1.807) is 24.1 Å². The average molecular weight is 305 g/mol. The number of carbonyl (C=O) groups is 1. The number of rotatable bonds is 5. The van der Waals surface area contributed by atoms with Gasteiger partial charge in [0.25, 0.3) is 17.3 Å². The van der Waals surface area contributed by atoms with Crippen molar-refractivity contribution in [1.82, 2.24) is 15.1 Å². The highest BCUT2D eigenvalue weighted by Gasteiger charge is 2.19. The molecular formula is C12H11N5O5. The number of aromatic nitrogens is 2. The fourth-order valence-corrected chi connectivity index (χ4v) is 1.78. The molecule has 10 nitrogen and oxygen atoms in total. The van der Waals surface area contributed by atoms with Crippen LogP contribution in [0.3, 0.4) is 0 Å². The van der Waals surface area contributed by atoms with Crippen molar-refractivity contribution in [2.75, 3.05) is 0 Å². The molecule has 22 heavy (non-hydrogen) atoms. The van der Waals surface area contributed by atoms with Gasteiger partial charge in [-0.2, -0.15) is 5.10 Å². The van der Waals surface area contributed by atoms with E-state index >= 15 is 0 Å². The number of hydrogen-bond donors (Lipinski definition) is 1. The highest BCUT2D eigenvalue weighted by Crippen LogP contribution is 2.22. The van der Waals surface area contributed by atoms with Gasteiger partial charge in [0.15, 0.2) is 0 Å². The van der Waals surface area contributed by atoms with Crippen LogP contribution in [0.25, 0.3) is 0 Å². The lowest BCUT2D eigenvalue weighted by Crippen LogP contribution is -2.22. The molecule has 1 aromatic carbocycles. The molecule has 10 heteroatoms.